The maximum Gasteiger partial charge on any atom is -0.0133 e. The van der Waals surface area contributed by atoms with Crippen molar-refractivity contribution in [3.8, 4) is 0 Å². The zero-order valence-electron chi connectivity index (χ0n) is 40.9. The Morgan fingerprint density at radius 3 is 0.741 bits per heavy atom. The van der Waals surface area contributed by atoms with E-state index in [2.05, 4.69) is 152 Å². The van der Waals surface area contributed by atoms with Gasteiger partial charge in [-0.05, 0) is 156 Å². The van der Waals surface area contributed by atoms with E-state index in [-0.39, 0.29) is 0 Å². The normalized spacial score (nSPS) is 19.0. The summed E-state index contributed by atoms with van der Waals surface area (Å²) in [6.45, 7) is 34.7. The van der Waals surface area contributed by atoms with Gasteiger partial charge in [0.25, 0.3) is 0 Å². The van der Waals surface area contributed by atoms with Crippen LogP contribution >= 0.6 is 0 Å². The summed E-state index contributed by atoms with van der Waals surface area (Å²) in [7, 11) is 0. The Kier molecular flexibility index (Phi) is 27.4. The van der Waals surface area contributed by atoms with Crippen LogP contribution in [0.2, 0.25) is 0 Å². The summed E-state index contributed by atoms with van der Waals surface area (Å²) in [4.78, 5) is 0. The molecule has 0 heteroatoms. The second-order valence-corrected chi connectivity index (χ2v) is 17.1. The van der Waals surface area contributed by atoms with Gasteiger partial charge in [-0.2, -0.15) is 0 Å². The molecule has 0 spiro atoms. The fourth-order valence-corrected chi connectivity index (χ4v) is 9.53. The van der Waals surface area contributed by atoms with E-state index in [4.69, 9.17) is 0 Å². The minimum Gasteiger partial charge on any atom is -0.0683 e. The van der Waals surface area contributed by atoms with Gasteiger partial charge in [0.05, 0.1) is 0 Å². The molecule has 4 aromatic carbocycles. The highest BCUT2D eigenvalue weighted by molar-refractivity contribution is 5.37. The second-order valence-electron chi connectivity index (χ2n) is 17.1. The van der Waals surface area contributed by atoms with Gasteiger partial charge in [0.1, 0.15) is 0 Å². The molecule has 0 amide bonds. The first kappa shape index (κ1) is 52.9. The molecule has 0 nitrogen and oxygen atoms in total. The van der Waals surface area contributed by atoms with Crippen LogP contribution < -0.4 is 0 Å². The molecule has 0 saturated carbocycles. The van der Waals surface area contributed by atoms with Crippen LogP contribution in [0.3, 0.4) is 0 Å². The fraction of sp³-hybridized carbons (Fsp3) is 0.586. The molecule has 0 aliphatic heterocycles. The fourth-order valence-electron chi connectivity index (χ4n) is 9.53. The molecule has 8 rings (SSSR count). The van der Waals surface area contributed by atoms with E-state index in [1.807, 2.05) is 55.4 Å². The van der Waals surface area contributed by atoms with E-state index in [9.17, 15) is 0 Å². The largest absolute Gasteiger partial charge is 0.0683 e. The third kappa shape index (κ3) is 15.8. The van der Waals surface area contributed by atoms with Gasteiger partial charge in [-0.1, -0.05) is 208 Å². The number of aryl methyl sites for hydroxylation is 4. The van der Waals surface area contributed by atoms with Gasteiger partial charge in [0, 0.05) is 0 Å². The lowest BCUT2D eigenvalue weighted by molar-refractivity contribution is 0.433. The predicted octanol–water partition coefficient (Wildman–Crippen LogP) is 18.4. The van der Waals surface area contributed by atoms with Crippen molar-refractivity contribution in [3.05, 3.63) is 142 Å². The van der Waals surface area contributed by atoms with E-state index in [1.54, 1.807) is 44.5 Å². The molecule has 58 heavy (non-hydrogen) atoms. The first-order valence-corrected chi connectivity index (χ1v) is 24.5. The molecule has 0 saturated heterocycles. The highest BCUT2D eigenvalue weighted by Crippen LogP contribution is 2.40. The molecule has 4 aliphatic rings. The van der Waals surface area contributed by atoms with Gasteiger partial charge in [-0.25, -0.2) is 0 Å². The van der Waals surface area contributed by atoms with Crippen molar-refractivity contribution in [3.63, 3.8) is 0 Å². The Labute approximate surface area is 362 Å². The Balaban J connectivity index is 0.000000365. The van der Waals surface area contributed by atoms with Crippen LogP contribution in [0.5, 0.6) is 0 Å². The third-order valence-electron chi connectivity index (χ3n) is 12.4. The number of rotatable bonds is 4. The zero-order chi connectivity index (χ0) is 43.6. The Bertz CT molecular complexity index is 1480. The van der Waals surface area contributed by atoms with Crippen LogP contribution in [0.1, 0.15) is 217 Å². The molecule has 0 bridgehead atoms. The van der Waals surface area contributed by atoms with Crippen LogP contribution in [0.4, 0.5) is 0 Å². The summed E-state index contributed by atoms with van der Waals surface area (Å²) in [5.41, 5.74) is 12.8. The van der Waals surface area contributed by atoms with Crippen molar-refractivity contribution < 1.29 is 0 Å². The molecule has 0 unspecified atom stereocenters. The van der Waals surface area contributed by atoms with E-state index in [0.29, 0.717) is 0 Å². The summed E-state index contributed by atoms with van der Waals surface area (Å²) >= 11 is 0. The van der Waals surface area contributed by atoms with E-state index >= 15 is 0 Å². The summed E-state index contributed by atoms with van der Waals surface area (Å²) in [5.74, 6) is 6.45. The van der Waals surface area contributed by atoms with Crippen LogP contribution in [0.15, 0.2) is 97.1 Å². The zero-order valence-corrected chi connectivity index (χ0v) is 40.9. The lowest BCUT2D eigenvalue weighted by Gasteiger charge is -2.28. The van der Waals surface area contributed by atoms with Crippen molar-refractivity contribution in [2.75, 3.05) is 0 Å². The minimum atomic E-state index is 0.793. The highest BCUT2D eigenvalue weighted by atomic mass is 14.3. The first-order valence-electron chi connectivity index (χ1n) is 24.5. The second kappa shape index (κ2) is 30.0. The van der Waals surface area contributed by atoms with Gasteiger partial charge >= 0.3 is 0 Å². The molecular weight excluding hydrogens is 697 g/mol. The smallest absolute Gasteiger partial charge is 0.0133 e. The SMILES string of the molecule is CC.CC.CC.CC.CC(C)[C@H]1CCCc2ccccc21.CC(C)[C@H]1CCCc2ccccc21.CC(C)[C@H]1CCc2ccccc21.CC(C)[C@H]1CCc2ccccc21. The maximum atomic E-state index is 2.34. The van der Waals surface area contributed by atoms with Crippen molar-refractivity contribution in [2.24, 2.45) is 23.7 Å². The van der Waals surface area contributed by atoms with Gasteiger partial charge in [0.2, 0.25) is 0 Å². The predicted molar refractivity (Wildman–Crippen MR) is 264 cm³/mol. The number of benzene rings is 4. The van der Waals surface area contributed by atoms with Crippen molar-refractivity contribution in [1.29, 1.82) is 0 Å². The topological polar surface area (TPSA) is 0 Å². The lowest BCUT2D eigenvalue weighted by atomic mass is 9.77. The van der Waals surface area contributed by atoms with Crippen LogP contribution in [0, 0.1) is 23.7 Å². The van der Waals surface area contributed by atoms with Gasteiger partial charge in [-0.3, -0.25) is 0 Å². The van der Waals surface area contributed by atoms with Crippen molar-refractivity contribution in [1.82, 2.24) is 0 Å². The van der Waals surface area contributed by atoms with Gasteiger partial charge < -0.3 is 0 Å². The molecule has 324 valence electrons. The average Bonchev–Trinajstić information content (AvgIpc) is 3.92. The summed E-state index contributed by atoms with van der Waals surface area (Å²) in [6, 6.07) is 35.7. The highest BCUT2D eigenvalue weighted by Gasteiger charge is 2.26. The monoisotopic (exact) mass is 789 g/mol. The third-order valence-corrected chi connectivity index (χ3v) is 12.4. The molecule has 0 radical (unpaired) electrons. The minimum absolute atomic E-state index is 0.793. The Morgan fingerprint density at radius 1 is 0.293 bits per heavy atom. The van der Waals surface area contributed by atoms with Crippen molar-refractivity contribution in [2.45, 2.75) is 199 Å². The first-order chi connectivity index (χ1) is 28.2. The average molecular weight is 789 g/mol. The van der Waals surface area contributed by atoms with E-state index < -0.39 is 0 Å². The summed E-state index contributed by atoms with van der Waals surface area (Å²) in [5, 5.41) is 0. The van der Waals surface area contributed by atoms with Crippen LogP contribution in [-0.2, 0) is 25.7 Å². The molecule has 0 heterocycles. The maximum absolute atomic E-state index is 2.34. The lowest BCUT2D eigenvalue weighted by Crippen LogP contribution is -2.14. The Hall–Kier alpha value is -3.12. The van der Waals surface area contributed by atoms with Gasteiger partial charge in [0.15, 0.2) is 0 Å². The van der Waals surface area contributed by atoms with Gasteiger partial charge in [-0.15, -0.1) is 0 Å². The number of hydrogen-bond donors (Lipinski definition) is 0. The number of hydrogen-bond acceptors (Lipinski definition) is 0. The van der Waals surface area contributed by atoms with Crippen molar-refractivity contribution >= 4 is 0 Å². The molecule has 4 atom stereocenters. The Morgan fingerprint density at radius 2 is 0.500 bits per heavy atom. The molecular formula is C58H92. The molecule has 4 aromatic rings. The quantitative estimate of drug-likeness (QED) is 0.193. The van der Waals surface area contributed by atoms with E-state index in [0.717, 1.165) is 47.3 Å². The van der Waals surface area contributed by atoms with Crippen LogP contribution in [0.25, 0.3) is 0 Å². The summed E-state index contributed by atoms with van der Waals surface area (Å²) in [6.07, 6.45) is 13.4. The standard InChI is InChI=1S/2C13H18.2C12H16.4C2H6/c2*1-10(2)12-9-5-7-11-6-3-4-8-13(11)12;2*1-9(2)11-8-7-10-5-3-4-6-12(10)11;4*1-2/h2*3-4,6,8,10,12H,5,7,9H2,1-2H3;2*3-6,9,11H,7-8H2,1-2H3;4*1-2H3/t2*12-;2*11-;;;;/m1111..../s1. The molecule has 0 N–H and O–H groups in total. The molecule has 0 aromatic heterocycles. The number of fused-ring (bicyclic) bond motifs is 4. The van der Waals surface area contributed by atoms with Crippen LogP contribution in [-0.4, -0.2) is 0 Å². The van der Waals surface area contributed by atoms with E-state index in [1.165, 1.54) is 64.2 Å². The summed E-state index contributed by atoms with van der Waals surface area (Å²) < 4.78 is 0. The molecule has 0 fully saturated rings. The molecule has 4 aliphatic carbocycles.